The second-order valence-electron chi connectivity index (χ2n) is 4.99. The average molecular weight is 334 g/mol. The summed E-state index contributed by atoms with van der Waals surface area (Å²) in [6.07, 6.45) is 1.57. The molecule has 0 spiro atoms. The van der Waals surface area contributed by atoms with Gasteiger partial charge in [-0.05, 0) is 37.5 Å². The topological polar surface area (TPSA) is 106 Å². The lowest BCUT2D eigenvalue weighted by Crippen LogP contribution is -2.39. The van der Waals surface area contributed by atoms with Crippen LogP contribution in [0, 0.1) is 6.92 Å². The van der Waals surface area contributed by atoms with Gasteiger partial charge in [-0.3, -0.25) is 4.79 Å². The number of nitrogens with two attached hydrogens (primary N) is 2. The maximum absolute atomic E-state index is 12.6. The van der Waals surface area contributed by atoms with Crippen molar-refractivity contribution in [2.45, 2.75) is 30.7 Å². The summed E-state index contributed by atoms with van der Waals surface area (Å²) in [6, 6.07) is 4.28. The molecule has 0 aliphatic carbocycles. The van der Waals surface area contributed by atoms with E-state index >= 15 is 0 Å². The third-order valence-electron chi connectivity index (χ3n) is 3.68. The lowest BCUT2D eigenvalue weighted by atomic mass is 10.1. The van der Waals surface area contributed by atoms with Crippen LogP contribution in [0.25, 0.3) is 0 Å². The summed E-state index contributed by atoms with van der Waals surface area (Å²) in [6.45, 7) is 2.48. The van der Waals surface area contributed by atoms with Gasteiger partial charge < -0.3 is 11.5 Å². The highest BCUT2D eigenvalue weighted by Crippen LogP contribution is 2.26. The van der Waals surface area contributed by atoms with Crippen molar-refractivity contribution < 1.29 is 13.2 Å². The molecule has 0 aromatic heterocycles. The number of amides is 1. The van der Waals surface area contributed by atoms with Crippen molar-refractivity contribution in [3.05, 3.63) is 29.3 Å². The van der Waals surface area contributed by atoms with Crippen molar-refractivity contribution in [3.63, 3.8) is 0 Å². The standard InChI is InChI=1S/C13H19N3O3S.ClH/c1-9-4-5-11(7-12(9)13(15)17)20(18,19)16-6-2-3-10(16)8-14;/h4-5,7,10H,2-3,6,8,14H2,1H3,(H2,15,17);1H. The van der Waals surface area contributed by atoms with Crippen LogP contribution >= 0.6 is 12.4 Å². The van der Waals surface area contributed by atoms with Gasteiger partial charge in [0.1, 0.15) is 0 Å². The maximum atomic E-state index is 12.6. The summed E-state index contributed by atoms with van der Waals surface area (Å²) in [5.74, 6) is -0.628. The van der Waals surface area contributed by atoms with E-state index in [2.05, 4.69) is 0 Å². The quantitative estimate of drug-likeness (QED) is 0.842. The number of rotatable bonds is 4. The van der Waals surface area contributed by atoms with Gasteiger partial charge in [-0.2, -0.15) is 4.31 Å². The molecule has 6 nitrogen and oxygen atoms in total. The number of nitrogens with zero attached hydrogens (tertiary/aromatic N) is 1. The number of hydrogen-bond donors (Lipinski definition) is 2. The summed E-state index contributed by atoms with van der Waals surface area (Å²) < 4.78 is 26.6. The Hall–Kier alpha value is -1.15. The summed E-state index contributed by atoms with van der Waals surface area (Å²) in [7, 11) is -3.63. The van der Waals surface area contributed by atoms with Gasteiger partial charge in [0.2, 0.25) is 15.9 Å². The number of benzene rings is 1. The second kappa shape index (κ2) is 6.74. The number of carbonyl (C=O) groups is 1. The fourth-order valence-electron chi connectivity index (χ4n) is 2.52. The van der Waals surface area contributed by atoms with Crippen LogP contribution in [-0.4, -0.2) is 37.8 Å². The van der Waals surface area contributed by atoms with Crippen LogP contribution < -0.4 is 11.5 Å². The Bertz CT molecular complexity index is 634. The molecule has 1 amide bonds. The van der Waals surface area contributed by atoms with Gasteiger partial charge in [-0.15, -0.1) is 12.4 Å². The first-order valence-corrected chi connectivity index (χ1v) is 7.94. The van der Waals surface area contributed by atoms with Crippen LogP contribution in [0.3, 0.4) is 0 Å². The first-order chi connectivity index (χ1) is 9.37. The third kappa shape index (κ3) is 3.37. The van der Waals surface area contributed by atoms with Gasteiger partial charge in [0.15, 0.2) is 0 Å². The molecule has 0 bridgehead atoms. The van der Waals surface area contributed by atoms with Gasteiger partial charge in [0.25, 0.3) is 0 Å². The molecule has 2 rings (SSSR count). The highest BCUT2D eigenvalue weighted by Gasteiger charge is 2.34. The minimum atomic E-state index is -3.63. The van der Waals surface area contributed by atoms with E-state index in [0.29, 0.717) is 18.7 Å². The number of halogens is 1. The van der Waals surface area contributed by atoms with E-state index in [0.717, 1.165) is 12.8 Å². The molecule has 1 fully saturated rings. The molecule has 4 N–H and O–H groups in total. The summed E-state index contributed by atoms with van der Waals surface area (Å²) >= 11 is 0. The van der Waals surface area contributed by atoms with Gasteiger partial charge in [-0.25, -0.2) is 8.42 Å². The van der Waals surface area contributed by atoms with Crippen LogP contribution in [0.2, 0.25) is 0 Å². The van der Waals surface area contributed by atoms with E-state index in [1.807, 2.05) is 0 Å². The van der Waals surface area contributed by atoms with Gasteiger partial charge in [-0.1, -0.05) is 6.07 Å². The predicted octanol–water partition coefficient (Wildman–Crippen LogP) is 0.628. The van der Waals surface area contributed by atoms with Crippen molar-refractivity contribution >= 4 is 28.3 Å². The molecule has 8 heteroatoms. The molecule has 1 saturated heterocycles. The third-order valence-corrected chi connectivity index (χ3v) is 5.62. The zero-order valence-corrected chi connectivity index (χ0v) is 13.4. The van der Waals surface area contributed by atoms with Crippen LogP contribution in [0.5, 0.6) is 0 Å². The van der Waals surface area contributed by atoms with Crippen LogP contribution in [0.4, 0.5) is 0 Å². The fourth-order valence-corrected chi connectivity index (χ4v) is 4.25. The second-order valence-corrected chi connectivity index (χ2v) is 6.88. The van der Waals surface area contributed by atoms with Crippen molar-refractivity contribution in [2.75, 3.05) is 13.1 Å². The molecular formula is C13H20ClN3O3S. The Morgan fingerprint density at radius 1 is 1.43 bits per heavy atom. The average Bonchev–Trinajstić information content (AvgIpc) is 2.87. The fraction of sp³-hybridized carbons (Fsp3) is 0.462. The van der Waals surface area contributed by atoms with Crippen molar-refractivity contribution in [1.82, 2.24) is 4.31 Å². The van der Waals surface area contributed by atoms with Crippen molar-refractivity contribution in [2.24, 2.45) is 11.5 Å². The van der Waals surface area contributed by atoms with Crippen LogP contribution in [-0.2, 0) is 10.0 Å². The Morgan fingerprint density at radius 3 is 2.67 bits per heavy atom. The number of sulfonamides is 1. The van der Waals surface area contributed by atoms with E-state index in [4.69, 9.17) is 11.5 Å². The van der Waals surface area contributed by atoms with E-state index in [1.54, 1.807) is 13.0 Å². The van der Waals surface area contributed by atoms with Crippen molar-refractivity contribution in [1.29, 1.82) is 0 Å². The lowest BCUT2D eigenvalue weighted by Gasteiger charge is -2.23. The summed E-state index contributed by atoms with van der Waals surface area (Å²) in [4.78, 5) is 11.4. The van der Waals surface area contributed by atoms with Crippen LogP contribution in [0.1, 0.15) is 28.8 Å². The van der Waals surface area contributed by atoms with Gasteiger partial charge in [0, 0.05) is 24.7 Å². The molecular weight excluding hydrogens is 314 g/mol. The zero-order chi connectivity index (χ0) is 14.9. The molecule has 118 valence electrons. The normalized spacial score (nSPS) is 19.2. The first-order valence-electron chi connectivity index (χ1n) is 6.50. The SMILES string of the molecule is Cc1ccc(S(=O)(=O)N2CCCC2CN)cc1C(N)=O.Cl. The minimum absolute atomic E-state index is 0. The van der Waals surface area contributed by atoms with Gasteiger partial charge >= 0.3 is 0 Å². The highest BCUT2D eigenvalue weighted by molar-refractivity contribution is 7.89. The summed E-state index contributed by atoms with van der Waals surface area (Å²) in [5, 5.41) is 0. The number of primary amides is 1. The van der Waals surface area contributed by atoms with E-state index < -0.39 is 15.9 Å². The zero-order valence-electron chi connectivity index (χ0n) is 11.8. The predicted molar refractivity (Wildman–Crippen MR) is 82.9 cm³/mol. The first kappa shape index (κ1) is 17.9. The molecule has 1 aliphatic heterocycles. The van der Waals surface area contributed by atoms with Crippen LogP contribution in [0.15, 0.2) is 23.1 Å². The Labute approximate surface area is 130 Å². The molecule has 1 atom stereocenters. The summed E-state index contributed by atoms with van der Waals surface area (Å²) in [5.41, 5.74) is 11.8. The number of carbonyl (C=O) groups excluding carboxylic acids is 1. The minimum Gasteiger partial charge on any atom is -0.366 e. The maximum Gasteiger partial charge on any atom is 0.249 e. The van der Waals surface area contributed by atoms with E-state index in [9.17, 15) is 13.2 Å². The molecule has 1 unspecified atom stereocenters. The Balaban J connectivity index is 0.00000220. The Kier molecular flexibility index (Phi) is 5.75. The number of hydrogen-bond acceptors (Lipinski definition) is 4. The number of aryl methyl sites for hydroxylation is 1. The molecule has 1 heterocycles. The molecule has 21 heavy (non-hydrogen) atoms. The highest BCUT2D eigenvalue weighted by atomic mass is 35.5. The molecule has 1 aliphatic rings. The molecule has 1 aromatic carbocycles. The Morgan fingerprint density at radius 2 is 2.10 bits per heavy atom. The van der Waals surface area contributed by atoms with E-state index in [1.165, 1.54) is 16.4 Å². The van der Waals surface area contributed by atoms with E-state index in [-0.39, 0.29) is 28.9 Å². The molecule has 0 saturated carbocycles. The monoisotopic (exact) mass is 333 g/mol. The molecule has 0 radical (unpaired) electrons. The van der Waals surface area contributed by atoms with Crippen molar-refractivity contribution in [3.8, 4) is 0 Å². The largest absolute Gasteiger partial charge is 0.366 e. The van der Waals surface area contributed by atoms with Gasteiger partial charge in [0.05, 0.1) is 4.90 Å². The smallest absolute Gasteiger partial charge is 0.249 e. The lowest BCUT2D eigenvalue weighted by molar-refractivity contribution is 0.0999. The molecule has 1 aromatic rings.